The molecule has 3 heterocycles. The third kappa shape index (κ3) is 3.44. The predicted octanol–water partition coefficient (Wildman–Crippen LogP) is 2.79. The van der Waals surface area contributed by atoms with Gasteiger partial charge < -0.3 is 9.80 Å². The Morgan fingerprint density at radius 2 is 1.83 bits per heavy atom. The van der Waals surface area contributed by atoms with Gasteiger partial charge in [-0.15, -0.1) is 0 Å². The minimum absolute atomic E-state index is 0.0180. The Morgan fingerprint density at radius 1 is 1.21 bits per heavy atom. The van der Waals surface area contributed by atoms with Crippen LogP contribution in [0.4, 0.5) is 27.8 Å². The number of likely N-dealkylation sites (tertiary alicyclic amines) is 1. The van der Waals surface area contributed by atoms with Crippen LogP contribution < -0.4 is 4.90 Å². The summed E-state index contributed by atoms with van der Waals surface area (Å²) in [6.45, 7) is 0.536. The summed E-state index contributed by atoms with van der Waals surface area (Å²) in [5.41, 5.74) is -0.791. The minimum Gasteiger partial charge on any atom is -0.355 e. The zero-order valence-corrected chi connectivity index (χ0v) is 12.7. The van der Waals surface area contributed by atoms with Crippen LogP contribution in [-0.2, 0) is 11.0 Å². The van der Waals surface area contributed by atoms with Crippen LogP contribution in [0.15, 0.2) is 18.3 Å². The van der Waals surface area contributed by atoms with Gasteiger partial charge in [0.15, 0.2) is 0 Å². The molecule has 2 fully saturated rings. The lowest BCUT2D eigenvalue weighted by atomic mass is 9.96. The van der Waals surface area contributed by atoms with E-state index in [0.29, 0.717) is 0 Å². The number of amides is 1. The van der Waals surface area contributed by atoms with Gasteiger partial charge in [-0.3, -0.25) is 4.79 Å². The number of alkyl halides is 5. The number of piperidine rings is 1. The number of rotatable bonds is 2. The summed E-state index contributed by atoms with van der Waals surface area (Å²) in [7, 11) is 0. The summed E-state index contributed by atoms with van der Waals surface area (Å²) in [5, 5.41) is 0. The SMILES string of the molecule is O=C(C1CN(c2cc(C(F)(F)F)ccn2)C1)N1CCC(F)(F)CC1. The summed E-state index contributed by atoms with van der Waals surface area (Å²) in [5.74, 6) is -3.15. The number of nitrogens with zero attached hydrogens (tertiary/aromatic N) is 3. The second-order valence-electron chi connectivity index (χ2n) is 6.18. The molecule has 0 bridgehead atoms. The van der Waals surface area contributed by atoms with Crippen molar-refractivity contribution in [2.24, 2.45) is 5.92 Å². The van der Waals surface area contributed by atoms with Gasteiger partial charge in [0.2, 0.25) is 5.91 Å². The number of anilines is 1. The topological polar surface area (TPSA) is 36.4 Å². The second kappa shape index (κ2) is 5.86. The number of aromatic nitrogens is 1. The van der Waals surface area contributed by atoms with Gasteiger partial charge in [-0.25, -0.2) is 13.8 Å². The van der Waals surface area contributed by atoms with Crippen LogP contribution in [0.5, 0.6) is 0 Å². The largest absolute Gasteiger partial charge is 0.416 e. The quantitative estimate of drug-likeness (QED) is 0.771. The van der Waals surface area contributed by atoms with E-state index in [0.717, 1.165) is 18.3 Å². The first-order valence-corrected chi connectivity index (χ1v) is 7.60. The van der Waals surface area contributed by atoms with Gasteiger partial charge in [0, 0.05) is 45.2 Å². The maximum atomic E-state index is 13.1. The first-order valence-electron chi connectivity index (χ1n) is 7.60. The second-order valence-corrected chi connectivity index (χ2v) is 6.18. The highest BCUT2D eigenvalue weighted by Gasteiger charge is 2.41. The van der Waals surface area contributed by atoms with Crippen LogP contribution >= 0.6 is 0 Å². The highest BCUT2D eigenvalue weighted by Crippen LogP contribution is 2.33. The van der Waals surface area contributed by atoms with Crippen molar-refractivity contribution in [3.05, 3.63) is 23.9 Å². The van der Waals surface area contributed by atoms with E-state index in [9.17, 15) is 26.7 Å². The van der Waals surface area contributed by atoms with E-state index < -0.39 is 17.7 Å². The maximum Gasteiger partial charge on any atom is 0.416 e. The fourth-order valence-corrected chi connectivity index (χ4v) is 2.90. The molecule has 1 aromatic rings. The lowest BCUT2D eigenvalue weighted by molar-refractivity contribution is -0.142. The fraction of sp³-hybridized carbons (Fsp3) is 0.600. The molecule has 3 rings (SSSR count). The number of halogens is 5. The molecule has 2 aliphatic rings. The third-order valence-electron chi connectivity index (χ3n) is 4.43. The van der Waals surface area contributed by atoms with Gasteiger partial charge in [-0.1, -0.05) is 0 Å². The first-order chi connectivity index (χ1) is 11.2. The van der Waals surface area contributed by atoms with Crippen molar-refractivity contribution >= 4 is 11.7 Å². The lowest BCUT2D eigenvalue weighted by Crippen LogP contribution is -2.56. The summed E-state index contributed by atoms with van der Waals surface area (Å²) < 4.78 is 64.3. The summed E-state index contributed by atoms with van der Waals surface area (Å²) >= 11 is 0. The normalized spacial score (nSPS) is 21.5. The predicted molar refractivity (Wildman–Crippen MR) is 75.7 cm³/mol. The Kier molecular flexibility index (Phi) is 4.13. The smallest absolute Gasteiger partial charge is 0.355 e. The van der Waals surface area contributed by atoms with Crippen LogP contribution in [0.3, 0.4) is 0 Å². The van der Waals surface area contributed by atoms with Crippen LogP contribution in [-0.4, -0.2) is 47.9 Å². The van der Waals surface area contributed by atoms with Gasteiger partial charge >= 0.3 is 6.18 Å². The number of hydrogen-bond donors (Lipinski definition) is 0. The molecule has 0 N–H and O–H groups in total. The summed E-state index contributed by atoms with van der Waals surface area (Å²) in [6, 6.07) is 1.84. The Morgan fingerprint density at radius 3 is 2.42 bits per heavy atom. The van der Waals surface area contributed by atoms with Crippen molar-refractivity contribution in [1.29, 1.82) is 0 Å². The molecular formula is C15H16F5N3O. The van der Waals surface area contributed by atoms with Crippen molar-refractivity contribution in [2.75, 3.05) is 31.1 Å². The highest BCUT2D eigenvalue weighted by atomic mass is 19.4. The van der Waals surface area contributed by atoms with E-state index in [1.165, 1.54) is 4.90 Å². The zero-order valence-electron chi connectivity index (χ0n) is 12.7. The Bertz CT molecular complexity index is 618. The molecule has 9 heteroatoms. The average Bonchev–Trinajstić information content (AvgIpc) is 2.45. The third-order valence-corrected chi connectivity index (χ3v) is 4.43. The molecule has 0 aliphatic carbocycles. The number of hydrogen-bond acceptors (Lipinski definition) is 3. The minimum atomic E-state index is -4.45. The van der Waals surface area contributed by atoms with Crippen molar-refractivity contribution in [3.8, 4) is 0 Å². The molecule has 0 unspecified atom stereocenters. The molecule has 4 nitrogen and oxygen atoms in total. The fourth-order valence-electron chi connectivity index (χ4n) is 2.90. The van der Waals surface area contributed by atoms with E-state index in [2.05, 4.69) is 4.98 Å². The van der Waals surface area contributed by atoms with Gasteiger partial charge in [0.25, 0.3) is 5.92 Å². The van der Waals surface area contributed by atoms with Gasteiger partial charge in [0.05, 0.1) is 11.5 Å². The number of carbonyl (C=O) groups is 1. The molecule has 0 saturated carbocycles. The molecule has 0 radical (unpaired) electrons. The van der Waals surface area contributed by atoms with Crippen LogP contribution in [0.2, 0.25) is 0 Å². The summed E-state index contributed by atoms with van der Waals surface area (Å²) in [6.07, 6.45) is -4.05. The number of carbonyl (C=O) groups excluding carboxylic acids is 1. The Labute approximate surface area is 135 Å². The standard InChI is InChI=1S/C15H16F5N3O/c16-14(17)2-5-22(6-3-14)13(24)10-8-23(9-10)12-7-11(1-4-21-12)15(18,19)20/h1,4,7,10H,2-3,5-6,8-9H2. The molecule has 0 atom stereocenters. The van der Waals surface area contributed by atoms with Crippen molar-refractivity contribution in [1.82, 2.24) is 9.88 Å². The molecule has 132 valence electrons. The molecule has 2 aliphatic heterocycles. The Balaban J connectivity index is 1.57. The molecule has 1 amide bonds. The van der Waals surface area contributed by atoms with Crippen LogP contribution in [0, 0.1) is 5.92 Å². The van der Waals surface area contributed by atoms with Gasteiger partial charge in [-0.2, -0.15) is 13.2 Å². The monoisotopic (exact) mass is 349 g/mol. The van der Waals surface area contributed by atoms with E-state index >= 15 is 0 Å². The zero-order chi connectivity index (χ0) is 17.5. The van der Waals surface area contributed by atoms with E-state index in [4.69, 9.17) is 0 Å². The maximum absolute atomic E-state index is 13.1. The molecule has 24 heavy (non-hydrogen) atoms. The van der Waals surface area contributed by atoms with Crippen LogP contribution in [0.25, 0.3) is 0 Å². The van der Waals surface area contributed by atoms with Crippen LogP contribution in [0.1, 0.15) is 18.4 Å². The molecule has 1 aromatic heterocycles. The lowest BCUT2D eigenvalue weighted by Gasteiger charge is -2.42. The summed E-state index contributed by atoms with van der Waals surface area (Å²) in [4.78, 5) is 19.1. The molecule has 2 saturated heterocycles. The van der Waals surface area contributed by atoms with E-state index in [1.807, 2.05) is 0 Å². The molecule has 0 aromatic carbocycles. The first kappa shape index (κ1) is 16.9. The van der Waals surface area contributed by atoms with Gasteiger partial charge in [-0.05, 0) is 12.1 Å². The van der Waals surface area contributed by atoms with Gasteiger partial charge in [0.1, 0.15) is 5.82 Å². The van der Waals surface area contributed by atoms with E-state index in [1.54, 1.807) is 4.90 Å². The number of pyridine rings is 1. The molecule has 0 spiro atoms. The van der Waals surface area contributed by atoms with Crippen molar-refractivity contribution < 1.29 is 26.7 Å². The van der Waals surface area contributed by atoms with Crippen molar-refractivity contribution in [3.63, 3.8) is 0 Å². The highest BCUT2D eigenvalue weighted by molar-refractivity contribution is 5.82. The Hall–Kier alpha value is -1.93. The van der Waals surface area contributed by atoms with E-state index in [-0.39, 0.29) is 56.7 Å². The average molecular weight is 349 g/mol. The van der Waals surface area contributed by atoms with Crippen molar-refractivity contribution in [2.45, 2.75) is 24.9 Å². The molecular weight excluding hydrogens is 333 g/mol.